The maximum Gasteiger partial charge on any atom is 0.389 e. The Morgan fingerprint density at radius 1 is 1.14 bits per heavy atom. The number of alkyl halides is 3. The van der Waals surface area contributed by atoms with Crippen molar-refractivity contribution in [2.45, 2.75) is 19.0 Å². The highest BCUT2D eigenvalue weighted by atomic mass is 19.4. The zero-order valence-electron chi connectivity index (χ0n) is 15.0. The number of primary amides is 1. The van der Waals surface area contributed by atoms with E-state index in [1.54, 1.807) is 36.4 Å². The molecule has 0 spiro atoms. The first-order valence-electron chi connectivity index (χ1n) is 8.61. The number of nitrogens with zero attached hydrogens (tertiary/aromatic N) is 1. The number of nitrogens with one attached hydrogen (secondary N) is 2. The minimum Gasteiger partial charge on any atom is -0.494 e. The maximum atomic E-state index is 12.4. The van der Waals surface area contributed by atoms with Crippen molar-refractivity contribution in [3.8, 4) is 28.3 Å². The Labute approximate surface area is 162 Å². The number of carbonyl (C=O) groups excluding carboxylic acids is 1. The summed E-state index contributed by atoms with van der Waals surface area (Å²) in [7, 11) is 0. The van der Waals surface area contributed by atoms with Gasteiger partial charge in [0.1, 0.15) is 11.3 Å². The molecule has 1 aromatic carbocycles. The van der Waals surface area contributed by atoms with Gasteiger partial charge in [-0.1, -0.05) is 0 Å². The molecule has 3 aromatic rings. The summed E-state index contributed by atoms with van der Waals surface area (Å²) in [5.74, 6) is -0.467. The number of rotatable bonds is 7. The van der Waals surface area contributed by atoms with Crippen molar-refractivity contribution in [1.82, 2.24) is 15.2 Å². The summed E-state index contributed by atoms with van der Waals surface area (Å²) in [6.45, 7) is -0.0625. The summed E-state index contributed by atoms with van der Waals surface area (Å²) < 4.78 is 41.7. The van der Waals surface area contributed by atoms with Crippen LogP contribution in [0.15, 0.2) is 47.4 Å². The number of carbonyl (C=O) groups is 1. The highest BCUT2D eigenvalue weighted by molar-refractivity contribution is 5.99. The fourth-order valence-corrected chi connectivity index (χ4v) is 2.77. The first kappa shape index (κ1) is 20.2. The van der Waals surface area contributed by atoms with E-state index in [1.807, 2.05) is 0 Å². The summed E-state index contributed by atoms with van der Waals surface area (Å²) in [6, 6.07) is 9.64. The van der Waals surface area contributed by atoms with Gasteiger partial charge >= 0.3 is 6.18 Å². The Morgan fingerprint density at radius 3 is 2.45 bits per heavy atom. The molecule has 0 aliphatic rings. The molecule has 29 heavy (non-hydrogen) atoms. The van der Waals surface area contributed by atoms with Gasteiger partial charge in [0, 0.05) is 23.9 Å². The zero-order valence-corrected chi connectivity index (χ0v) is 15.0. The largest absolute Gasteiger partial charge is 0.494 e. The summed E-state index contributed by atoms with van der Waals surface area (Å²) in [6.07, 6.45) is -3.77. The van der Waals surface area contributed by atoms with Gasteiger partial charge in [-0.3, -0.25) is 14.7 Å². The molecule has 0 aliphatic carbocycles. The van der Waals surface area contributed by atoms with Crippen LogP contribution < -0.4 is 16.0 Å². The Morgan fingerprint density at radius 2 is 1.86 bits per heavy atom. The monoisotopic (exact) mass is 406 g/mol. The number of H-pyrrole nitrogens is 2. The molecule has 0 fully saturated rings. The average Bonchev–Trinajstić information content (AvgIpc) is 3.18. The summed E-state index contributed by atoms with van der Waals surface area (Å²) in [4.78, 5) is 26.7. The fourth-order valence-electron chi connectivity index (χ4n) is 2.77. The van der Waals surface area contributed by atoms with E-state index in [0.717, 1.165) is 0 Å². The normalized spacial score (nSPS) is 11.4. The van der Waals surface area contributed by atoms with Crippen LogP contribution in [0.4, 0.5) is 13.2 Å². The topological polar surface area (TPSA) is 114 Å². The predicted octanol–water partition coefficient (Wildman–Crippen LogP) is 3.25. The van der Waals surface area contributed by atoms with Gasteiger partial charge in [-0.2, -0.15) is 18.3 Å². The molecule has 0 radical (unpaired) electrons. The number of aromatic amines is 2. The van der Waals surface area contributed by atoms with Crippen LogP contribution in [-0.2, 0) is 0 Å². The van der Waals surface area contributed by atoms with Crippen molar-refractivity contribution < 1.29 is 22.7 Å². The van der Waals surface area contributed by atoms with Crippen molar-refractivity contribution >= 4 is 5.91 Å². The molecule has 10 heteroatoms. The minimum atomic E-state index is -4.21. The number of hydrogen-bond donors (Lipinski definition) is 3. The molecule has 3 rings (SSSR count). The van der Waals surface area contributed by atoms with E-state index in [4.69, 9.17) is 10.5 Å². The Bertz CT molecular complexity index is 1040. The van der Waals surface area contributed by atoms with Gasteiger partial charge in [-0.25, -0.2) is 0 Å². The molecule has 0 bridgehead atoms. The van der Waals surface area contributed by atoms with Crippen molar-refractivity contribution in [3.05, 3.63) is 58.5 Å². The van der Waals surface area contributed by atoms with Crippen molar-refractivity contribution in [2.24, 2.45) is 5.73 Å². The van der Waals surface area contributed by atoms with Crippen molar-refractivity contribution in [3.63, 3.8) is 0 Å². The first-order valence-corrected chi connectivity index (χ1v) is 8.61. The lowest BCUT2D eigenvalue weighted by molar-refractivity contribution is -0.136. The molecule has 2 aromatic heterocycles. The second kappa shape index (κ2) is 8.21. The van der Waals surface area contributed by atoms with E-state index >= 15 is 0 Å². The summed E-state index contributed by atoms with van der Waals surface area (Å²) in [5, 5.41) is 6.51. The number of ether oxygens (including phenoxy) is 1. The lowest BCUT2D eigenvalue weighted by Gasteiger charge is -2.10. The van der Waals surface area contributed by atoms with Crippen LogP contribution in [0, 0.1) is 0 Å². The zero-order chi connectivity index (χ0) is 21.0. The van der Waals surface area contributed by atoms with Gasteiger partial charge in [0.15, 0.2) is 0 Å². The molecule has 0 saturated carbocycles. The van der Waals surface area contributed by atoms with E-state index in [1.165, 1.54) is 6.20 Å². The third-order valence-corrected chi connectivity index (χ3v) is 4.11. The van der Waals surface area contributed by atoms with E-state index in [9.17, 15) is 22.8 Å². The van der Waals surface area contributed by atoms with Gasteiger partial charge in [0.2, 0.25) is 0 Å². The Balaban J connectivity index is 1.82. The minimum absolute atomic E-state index is 0.0625. The van der Waals surface area contributed by atoms with E-state index < -0.39 is 24.1 Å². The molecule has 0 unspecified atom stereocenters. The Kier molecular flexibility index (Phi) is 5.71. The number of aromatic nitrogens is 3. The number of amides is 1. The SMILES string of the molecule is NC(=O)c1c(-c2ccn[nH]2)cc(-c2ccc(OCCCC(F)(F)F)cc2)[nH]c1=O. The molecular weight excluding hydrogens is 389 g/mol. The van der Waals surface area contributed by atoms with Gasteiger partial charge < -0.3 is 15.5 Å². The third kappa shape index (κ3) is 5.03. The molecule has 0 aliphatic heterocycles. The lowest BCUT2D eigenvalue weighted by atomic mass is 10.0. The molecule has 0 saturated heterocycles. The van der Waals surface area contributed by atoms with Crippen molar-refractivity contribution in [1.29, 1.82) is 0 Å². The molecule has 2 heterocycles. The standard InChI is InChI=1S/C19H17F3N4O3/c20-19(21,22)7-1-9-29-12-4-2-11(3-5-12)15-10-13(14-6-8-24-26-14)16(17(23)27)18(28)25-15/h2-6,8,10H,1,7,9H2,(H2,23,27)(H,24,26)(H,25,28). The molecule has 1 amide bonds. The number of halogens is 3. The third-order valence-electron chi connectivity index (χ3n) is 4.11. The first-order chi connectivity index (χ1) is 13.7. The van der Waals surface area contributed by atoms with Crippen LogP contribution in [0.25, 0.3) is 22.5 Å². The van der Waals surface area contributed by atoms with Crippen LogP contribution >= 0.6 is 0 Å². The van der Waals surface area contributed by atoms with Gasteiger partial charge in [-0.05, 0) is 48.4 Å². The maximum absolute atomic E-state index is 12.4. The number of hydrogen-bond acceptors (Lipinski definition) is 4. The highest BCUT2D eigenvalue weighted by Crippen LogP contribution is 2.26. The second-order valence-electron chi connectivity index (χ2n) is 6.23. The van der Waals surface area contributed by atoms with Crippen LogP contribution in [0.2, 0.25) is 0 Å². The highest BCUT2D eigenvalue weighted by Gasteiger charge is 2.26. The molecular formula is C19H17F3N4O3. The quantitative estimate of drug-likeness (QED) is 0.523. The predicted molar refractivity (Wildman–Crippen MR) is 99.4 cm³/mol. The van der Waals surface area contributed by atoms with Crippen LogP contribution in [0.3, 0.4) is 0 Å². The van der Waals surface area contributed by atoms with E-state index in [2.05, 4.69) is 15.2 Å². The molecule has 152 valence electrons. The molecule has 7 nitrogen and oxygen atoms in total. The van der Waals surface area contributed by atoms with Gasteiger partial charge in [0.25, 0.3) is 11.5 Å². The molecule has 4 N–H and O–H groups in total. The lowest BCUT2D eigenvalue weighted by Crippen LogP contribution is -2.25. The average molecular weight is 406 g/mol. The van der Waals surface area contributed by atoms with Gasteiger partial charge in [0.05, 0.1) is 12.3 Å². The number of benzene rings is 1. The van der Waals surface area contributed by atoms with Crippen LogP contribution in [0.1, 0.15) is 23.2 Å². The van der Waals surface area contributed by atoms with E-state index in [0.29, 0.717) is 28.3 Å². The smallest absolute Gasteiger partial charge is 0.389 e. The molecule has 0 atom stereocenters. The number of pyridine rings is 1. The van der Waals surface area contributed by atoms with Crippen LogP contribution in [0.5, 0.6) is 5.75 Å². The summed E-state index contributed by atoms with van der Waals surface area (Å²) >= 11 is 0. The summed E-state index contributed by atoms with van der Waals surface area (Å²) in [5.41, 5.74) is 6.29. The number of nitrogens with two attached hydrogens (primary N) is 1. The van der Waals surface area contributed by atoms with E-state index in [-0.39, 0.29) is 18.6 Å². The van der Waals surface area contributed by atoms with Crippen molar-refractivity contribution in [2.75, 3.05) is 6.61 Å². The van der Waals surface area contributed by atoms with Crippen LogP contribution in [-0.4, -0.2) is 33.9 Å². The van der Waals surface area contributed by atoms with Gasteiger partial charge in [-0.15, -0.1) is 0 Å². The second-order valence-corrected chi connectivity index (χ2v) is 6.23. The fraction of sp³-hybridized carbons (Fsp3) is 0.211. The Hall–Kier alpha value is -3.56.